The first-order valence-electron chi connectivity index (χ1n) is 7.55. The summed E-state index contributed by atoms with van der Waals surface area (Å²) in [4.78, 5) is 22.9. The lowest BCUT2D eigenvalue weighted by Crippen LogP contribution is -2.13. The molecule has 0 saturated heterocycles. The summed E-state index contributed by atoms with van der Waals surface area (Å²) in [5.74, 6) is -0.111. The molecule has 138 valence electrons. The number of hydrogen-bond acceptors (Lipinski definition) is 5. The van der Waals surface area contributed by atoms with Crippen LogP contribution in [0.1, 0.15) is 10.5 Å². The number of nitrogens with zero attached hydrogens (tertiary/aromatic N) is 3. The summed E-state index contributed by atoms with van der Waals surface area (Å²) < 4.78 is 7.09. The molecule has 0 aliphatic carbocycles. The van der Waals surface area contributed by atoms with E-state index in [0.29, 0.717) is 5.02 Å². The Kier molecular flexibility index (Phi) is 5.29. The monoisotopic (exact) mass is 406 g/mol. The van der Waals surface area contributed by atoms with Gasteiger partial charge in [-0.3, -0.25) is 19.6 Å². The molecule has 1 amide bonds. The number of nitro groups is 1. The Bertz CT molecular complexity index is 1040. The molecule has 0 fully saturated rings. The molecule has 0 atom stereocenters. The molecule has 0 spiro atoms. The van der Waals surface area contributed by atoms with Crippen molar-refractivity contribution < 1.29 is 14.5 Å². The fraction of sp³-hybridized carbons (Fsp3) is 0.0588. The molecular weight excluding hydrogens is 395 g/mol. The van der Waals surface area contributed by atoms with Gasteiger partial charge < -0.3 is 10.1 Å². The van der Waals surface area contributed by atoms with Crippen molar-refractivity contribution in [2.45, 2.75) is 0 Å². The summed E-state index contributed by atoms with van der Waals surface area (Å²) in [5.41, 5.74) is 0.0982. The highest BCUT2D eigenvalue weighted by atomic mass is 35.5. The number of carbonyl (C=O) groups is 1. The third kappa shape index (κ3) is 4.55. The number of ether oxygens (including phenoxy) is 1. The first kappa shape index (κ1) is 18.7. The molecule has 0 saturated carbocycles. The molecule has 3 aromatic rings. The molecule has 10 heteroatoms. The smallest absolute Gasteiger partial charge is 0.276 e. The lowest BCUT2D eigenvalue weighted by atomic mass is 10.2. The van der Waals surface area contributed by atoms with Gasteiger partial charge in [0, 0.05) is 30.4 Å². The highest BCUT2D eigenvalue weighted by Gasteiger charge is 2.16. The predicted molar refractivity (Wildman–Crippen MR) is 101 cm³/mol. The van der Waals surface area contributed by atoms with Gasteiger partial charge in [-0.2, -0.15) is 5.10 Å². The summed E-state index contributed by atoms with van der Waals surface area (Å²) in [5, 5.41) is 18.4. The van der Waals surface area contributed by atoms with Crippen LogP contribution in [0.3, 0.4) is 0 Å². The second-order valence-corrected chi connectivity index (χ2v) is 6.32. The average Bonchev–Trinajstić information content (AvgIpc) is 3.04. The van der Waals surface area contributed by atoms with E-state index in [1.54, 1.807) is 19.3 Å². The van der Waals surface area contributed by atoms with Crippen molar-refractivity contribution in [3.05, 3.63) is 74.5 Å². The Labute approximate surface area is 163 Å². The van der Waals surface area contributed by atoms with Crippen LogP contribution in [0.2, 0.25) is 10.0 Å². The highest BCUT2D eigenvalue weighted by Crippen LogP contribution is 2.34. The maximum Gasteiger partial charge on any atom is 0.276 e. The second kappa shape index (κ2) is 7.65. The van der Waals surface area contributed by atoms with Crippen LogP contribution >= 0.6 is 23.2 Å². The molecule has 2 aromatic carbocycles. The molecule has 0 aliphatic heterocycles. The van der Waals surface area contributed by atoms with E-state index in [-0.39, 0.29) is 33.6 Å². The quantitative estimate of drug-likeness (QED) is 0.489. The van der Waals surface area contributed by atoms with Crippen LogP contribution in [0, 0.1) is 10.1 Å². The van der Waals surface area contributed by atoms with Crippen molar-refractivity contribution >= 4 is 40.5 Å². The average molecular weight is 407 g/mol. The minimum absolute atomic E-state index is 0.129. The van der Waals surface area contributed by atoms with E-state index in [9.17, 15) is 14.9 Å². The maximum absolute atomic E-state index is 12.2. The van der Waals surface area contributed by atoms with Gasteiger partial charge in [0.2, 0.25) is 0 Å². The number of rotatable bonds is 5. The van der Waals surface area contributed by atoms with Crippen LogP contribution in [0.15, 0.2) is 48.7 Å². The minimum Gasteiger partial charge on any atom is -0.455 e. The molecule has 1 heterocycles. The number of nitro benzene ring substituents is 1. The Morgan fingerprint density at radius 3 is 2.63 bits per heavy atom. The van der Waals surface area contributed by atoms with E-state index >= 15 is 0 Å². The number of benzene rings is 2. The zero-order valence-electron chi connectivity index (χ0n) is 13.8. The number of aromatic nitrogens is 2. The zero-order chi connectivity index (χ0) is 19.6. The summed E-state index contributed by atoms with van der Waals surface area (Å²) in [7, 11) is 1.67. The molecule has 27 heavy (non-hydrogen) atoms. The molecule has 1 aromatic heterocycles. The van der Waals surface area contributed by atoms with Crippen LogP contribution in [-0.2, 0) is 7.05 Å². The van der Waals surface area contributed by atoms with Crippen LogP contribution in [-0.4, -0.2) is 20.6 Å². The third-order valence-electron chi connectivity index (χ3n) is 3.43. The number of aryl methyl sites for hydroxylation is 1. The number of carbonyl (C=O) groups excluding carboxylic acids is 1. The van der Waals surface area contributed by atoms with Crippen LogP contribution in [0.4, 0.5) is 11.4 Å². The minimum atomic E-state index is -0.591. The Balaban J connectivity index is 1.90. The largest absolute Gasteiger partial charge is 0.455 e. The predicted octanol–water partition coefficient (Wildman–Crippen LogP) is 4.68. The van der Waals surface area contributed by atoms with Gasteiger partial charge in [-0.1, -0.05) is 23.2 Å². The summed E-state index contributed by atoms with van der Waals surface area (Å²) >= 11 is 11.9. The molecule has 8 nitrogen and oxygen atoms in total. The van der Waals surface area contributed by atoms with Crippen LogP contribution in [0.5, 0.6) is 11.5 Å². The lowest BCUT2D eigenvalue weighted by Gasteiger charge is -2.10. The van der Waals surface area contributed by atoms with E-state index in [1.165, 1.54) is 41.1 Å². The van der Waals surface area contributed by atoms with E-state index in [1.807, 2.05) is 0 Å². The molecule has 0 radical (unpaired) electrons. The van der Waals surface area contributed by atoms with E-state index in [2.05, 4.69) is 10.4 Å². The van der Waals surface area contributed by atoms with Crippen LogP contribution in [0.25, 0.3) is 0 Å². The molecule has 0 unspecified atom stereocenters. The van der Waals surface area contributed by atoms with Crippen molar-refractivity contribution in [1.82, 2.24) is 9.78 Å². The summed E-state index contributed by atoms with van der Waals surface area (Å²) in [6.07, 6.45) is 1.61. The van der Waals surface area contributed by atoms with Gasteiger partial charge in [-0.25, -0.2) is 0 Å². The van der Waals surface area contributed by atoms with E-state index in [4.69, 9.17) is 27.9 Å². The summed E-state index contributed by atoms with van der Waals surface area (Å²) in [6.45, 7) is 0. The van der Waals surface area contributed by atoms with Gasteiger partial charge in [0.05, 0.1) is 21.7 Å². The fourth-order valence-corrected chi connectivity index (χ4v) is 2.68. The maximum atomic E-state index is 12.2. The van der Waals surface area contributed by atoms with Crippen molar-refractivity contribution in [1.29, 1.82) is 0 Å². The van der Waals surface area contributed by atoms with Gasteiger partial charge in [-0.05, 0) is 24.3 Å². The molecule has 0 bridgehead atoms. The zero-order valence-corrected chi connectivity index (χ0v) is 15.4. The molecule has 1 N–H and O–H groups in total. The number of nitrogens with one attached hydrogen (secondary N) is 1. The fourth-order valence-electron chi connectivity index (χ4n) is 2.24. The number of non-ortho nitro benzene ring substituents is 1. The van der Waals surface area contributed by atoms with Gasteiger partial charge in [0.1, 0.15) is 11.5 Å². The molecule has 0 aliphatic rings. The Morgan fingerprint density at radius 2 is 2.00 bits per heavy atom. The second-order valence-electron chi connectivity index (χ2n) is 5.48. The van der Waals surface area contributed by atoms with Gasteiger partial charge in [0.15, 0.2) is 5.69 Å². The number of hydrogen-bond donors (Lipinski definition) is 1. The Morgan fingerprint density at radius 1 is 1.22 bits per heavy atom. The third-order valence-corrected chi connectivity index (χ3v) is 3.96. The highest BCUT2D eigenvalue weighted by molar-refractivity contribution is 6.35. The molecule has 3 rings (SSSR count). The first-order chi connectivity index (χ1) is 12.8. The van der Waals surface area contributed by atoms with Crippen molar-refractivity contribution in [3.8, 4) is 11.5 Å². The number of halogens is 2. The topological polar surface area (TPSA) is 99.3 Å². The van der Waals surface area contributed by atoms with Gasteiger partial charge in [-0.15, -0.1) is 0 Å². The standard InChI is InChI=1S/C17H12Cl2N4O4/c1-22-5-4-15(21-22)17(24)20-11-7-12(23(25)26)9-13(8-11)27-16-3-2-10(18)6-14(16)19/h2-9H,1H3,(H,20,24). The van der Waals surface area contributed by atoms with Crippen LogP contribution < -0.4 is 10.1 Å². The van der Waals surface area contributed by atoms with E-state index < -0.39 is 10.8 Å². The van der Waals surface area contributed by atoms with Gasteiger partial charge >= 0.3 is 0 Å². The Hall–Kier alpha value is -3.10. The van der Waals surface area contributed by atoms with Gasteiger partial charge in [0.25, 0.3) is 11.6 Å². The van der Waals surface area contributed by atoms with Crippen molar-refractivity contribution in [3.63, 3.8) is 0 Å². The number of amides is 1. The number of anilines is 1. The first-order valence-corrected chi connectivity index (χ1v) is 8.31. The SMILES string of the molecule is Cn1ccc(C(=O)Nc2cc(Oc3ccc(Cl)cc3Cl)cc([N+](=O)[O-])c2)n1. The lowest BCUT2D eigenvalue weighted by molar-refractivity contribution is -0.384. The summed E-state index contributed by atoms with van der Waals surface area (Å²) in [6, 6.07) is 10.0. The molecular formula is C17H12Cl2N4O4. The normalized spacial score (nSPS) is 10.5. The van der Waals surface area contributed by atoms with Crippen molar-refractivity contribution in [2.24, 2.45) is 7.05 Å². The van der Waals surface area contributed by atoms with E-state index in [0.717, 1.165) is 0 Å². The van der Waals surface area contributed by atoms with Crippen molar-refractivity contribution in [2.75, 3.05) is 5.32 Å².